The Hall–Kier alpha value is -3.75. The minimum absolute atomic E-state index is 0.100. The van der Waals surface area contributed by atoms with E-state index in [2.05, 4.69) is 15.1 Å². The first-order valence-electron chi connectivity index (χ1n) is 10.8. The molecule has 1 fully saturated rings. The fourth-order valence-corrected chi connectivity index (χ4v) is 4.20. The van der Waals surface area contributed by atoms with Crippen LogP contribution < -0.4 is 4.74 Å². The van der Waals surface area contributed by atoms with Gasteiger partial charge in [0.1, 0.15) is 18.3 Å². The molecule has 0 bridgehead atoms. The molecule has 0 aliphatic carbocycles. The highest BCUT2D eigenvalue weighted by Gasteiger charge is 2.28. The molecule has 5 rings (SSSR count). The van der Waals surface area contributed by atoms with Crippen LogP contribution in [0.15, 0.2) is 42.9 Å². The van der Waals surface area contributed by atoms with Crippen molar-refractivity contribution in [1.82, 2.24) is 34.2 Å². The fraction of sp³-hybridized carbons (Fsp3) is 0.348. The molecule has 1 saturated heterocycles. The van der Waals surface area contributed by atoms with Crippen molar-refractivity contribution >= 4 is 17.1 Å². The van der Waals surface area contributed by atoms with E-state index < -0.39 is 0 Å². The van der Waals surface area contributed by atoms with Gasteiger partial charge in [-0.3, -0.25) is 4.79 Å². The lowest BCUT2D eigenvalue weighted by molar-refractivity contribution is -0.130. The number of para-hydroxylation sites is 1. The number of amides is 1. The molecule has 1 aliphatic heterocycles. The lowest BCUT2D eigenvalue weighted by Crippen LogP contribution is -2.30. The Bertz CT molecular complexity index is 1280. The number of likely N-dealkylation sites (tertiary alicyclic amines) is 1. The smallest absolute Gasteiger partial charge is 0.245 e. The quantitative estimate of drug-likeness (QED) is 0.483. The van der Waals surface area contributed by atoms with Crippen LogP contribution in [-0.2, 0) is 11.8 Å². The Balaban J connectivity index is 1.48. The van der Waals surface area contributed by atoms with Gasteiger partial charge in [-0.05, 0) is 19.1 Å². The zero-order valence-electron chi connectivity index (χ0n) is 18.4. The van der Waals surface area contributed by atoms with Gasteiger partial charge in [-0.2, -0.15) is 10.1 Å². The Morgan fingerprint density at radius 1 is 1.22 bits per heavy atom. The molecule has 3 aromatic heterocycles. The van der Waals surface area contributed by atoms with Crippen molar-refractivity contribution in [3.05, 3.63) is 48.5 Å². The Morgan fingerprint density at radius 3 is 2.81 bits per heavy atom. The van der Waals surface area contributed by atoms with Crippen molar-refractivity contribution in [3.8, 4) is 23.0 Å². The first kappa shape index (κ1) is 20.2. The summed E-state index contributed by atoms with van der Waals surface area (Å²) in [5.74, 6) is 1.34. The number of hydrogen-bond acceptors (Lipinski definition) is 6. The minimum Gasteiger partial charge on any atom is -0.471 e. The summed E-state index contributed by atoms with van der Waals surface area (Å²) in [6, 6.07) is 10.00. The van der Waals surface area contributed by atoms with E-state index in [0.29, 0.717) is 36.6 Å². The van der Waals surface area contributed by atoms with Gasteiger partial charge in [-0.1, -0.05) is 25.1 Å². The fourth-order valence-electron chi connectivity index (χ4n) is 4.20. The monoisotopic (exact) mass is 431 g/mol. The van der Waals surface area contributed by atoms with Crippen LogP contribution in [0.2, 0.25) is 0 Å². The average molecular weight is 432 g/mol. The van der Waals surface area contributed by atoms with Gasteiger partial charge in [0.05, 0.1) is 29.7 Å². The molecule has 32 heavy (non-hydrogen) atoms. The molecule has 1 unspecified atom stereocenters. The second-order valence-corrected chi connectivity index (χ2v) is 7.96. The number of carbonyl (C=O) groups excluding carboxylic acids is 1. The van der Waals surface area contributed by atoms with Gasteiger partial charge < -0.3 is 14.2 Å². The highest BCUT2D eigenvalue weighted by molar-refractivity contribution is 5.81. The van der Waals surface area contributed by atoms with Crippen LogP contribution in [0, 0.1) is 6.92 Å². The number of ether oxygens (including phenoxy) is 1. The summed E-state index contributed by atoms with van der Waals surface area (Å²) in [6.45, 7) is 5.18. The summed E-state index contributed by atoms with van der Waals surface area (Å²) >= 11 is 0. The highest BCUT2D eigenvalue weighted by atomic mass is 16.5. The number of rotatable bonds is 5. The molecule has 164 valence electrons. The lowest BCUT2D eigenvalue weighted by Gasteiger charge is -2.16. The maximum Gasteiger partial charge on any atom is 0.245 e. The topological polar surface area (TPSA) is 91.0 Å². The number of hydrogen-bond donors (Lipinski definition) is 0. The molecule has 1 amide bonds. The molecule has 1 aliphatic rings. The number of nitrogens with zero attached hydrogens (tertiary/aromatic N) is 7. The molecule has 4 heterocycles. The Morgan fingerprint density at radius 2 is 2.03 bits per heavy atom. The van der Waals surface area contributed by atoms with Gasteiger partial charge in [-0.15, -0.1) is 0 Å². The van der Waals surface area contributed by atoms with Crippen molar-refractivity contribution < 1.29 is 9.53 Å². The SMILES string of the molecule is CCC(=O)N1CCC(Oc2ncnc3c2nc(-c2cnn(-c4ccccc4)c2C)n3C)C1. The van der Waals surface area contributed by atoms with Crippen molar-refractivity contribution in [2.24, 2.45) is 7.05 Å². The summed E-state index contributed by atoms with van der Waals surface area (Å²) in [5, 5.41) is 4.57. The van der Waals surface area contributed by atoms with E-state index in [4.69, 9.17) is 9.72 Å². The normalized spacial score (nSPS) is 16.1. The number of carbonyl (C=O) groups is 1. The number of benzene rings is 1. The van der Waals surface area contributed by atoms with E-state index in [0.717, 1.165) is 29.2 Å². The summed E-state index contributed by atoms with van der Waals surface area (Å²) in [6.07, 6.45) is 4.50. The standard InChI is InChI=1S/C23H25N7O2/c1-4-19(31)29-11-10-17(13-29)32-23-20-22(24-14-25-23)28(3)21(27-20)18-12-26-30(15(18)2)16-8-6-5-7-9-16/h5-9,12,14,17H,4,10-11,13H2,1-3H3. The number of imidazole rings is 1. The van der Waals surface area contributed by atoms with Crippen LogP contribution in [0.5, 0.6) is 5.88 Å². The van der Waals surface area contributed by atoms with Crippen molar-refractivity contribution in [3.63, 3.8) is 0 Å². The first-order valence-corrected chi connectivity index (χ1v) is 10.8. The predicted molar refractivity (Wildman–Crippen MR) is 120 cm³/mol. The predicted octanol–water partition coefficient (Wildman–Crippen LogP) is 2.91. The molecular weight excluding hydrogens is 406 g/mol. The van der Waals surface area contributed by atoms with Crippen molar-refractivity contribution in [2.45, 2.75) is 32.8 Å². The Labute approximate surface area is 185 Å². The Kier molecular flexibility index (Phi) is 5.08. The third-order valence-corrected chi connectivity index (χ3v) is 5.95. The van der Waals surface area contributed by atoms with E-state index >= 15 is 0 Å². The third kappa shape index (κ3) is 3.39. The maximum absolute atomic E-state index is 12.0. The van der Waals surface area contributed by atoms with E-state index in [1.54, 1.807) is 0 Å². The highest BCUT2D eigenvalue weighted by Crippen LogP contribution is 2.30. The molecule has 1 aromatic carbocycles. The largest absolute Gasteiger partial charge is 0.471 e. The average Bonchev–Trinajstić information content (AvgIpc) is 3.52. The van der Waals surface area contributed by atoms with E-state index in [9.17, 15) is 4.79 Å². The summed E-state index contributed by atoms with van der Waals surface area (Å²) in [7, 11) is 1.93. The van der Waals surface area contributed by atoms with Crippen molar-refractivity contribution in [1.29, 1.82) is 0 Å². The summed E-state index contributed by atoms with van der Waals surface area (Å²) in [4.78, 5) is 27.5. The van der Waals surface area contributed by atoms with Crippen LogP contribution in [0.1, 0.15) is 25.5 Å². The second-order valence-electron chi connectivity index (χ2n) is 7.96. The van der Waals surface area contributed by atoms with Gasteiger partial charge >= 0.3 is 0 Å². The van der Waals surface area contributed by atoms with Gasteiger partial charge in [0.25, 0.3) is 0 Å². The molecule has 0 saturated carbocycles. The number of aryl methyl sites for hydroxylation is 1. The van der Waals surface area contributed by atoms with Crippen LogP contribution in [0.3, 0.4) is 0 Å². The van der Waals surface area contributed by atoms with Crippen LogP contribution in [0.25, 0.3) is 28.2 Å². The molecular formula is C23H25N7O2. The number of fused-ring (bicyclic) bond motifs is 1. The van der Waals surface area contributed by atoms with E-state index in [-0.39, 0.29) is 12.0 Å². The number of aromatic nitrogens is 6. The maximum atomic E-state index is 12.0. The zero-order chi connectivity index (χ0) is 22.2. The summed E-state index contributed by atoms with van der Waals surface area (Å²) in [5.41, 5.74) is 4.19. The molecule has 1 atom stereocenters. The molecule has 0 spiro atoms. The van der Waals surface area contributed by atoms with Crippen LogP contribution >= 0.6 is 0 Å². The van der Waals surface area contributed by atoms with Gasteiger partial charge in [0.15, 0.2) is 11.2 Å². The molecule has 0 N–H and O–H groups in total. The molecule has 0 radical (unpaired) electrons. The van der Waals surface area contributed by atoms with Crippen LogP contribution in [-0.4, -0.2) is 59.3 Å². The third-order valence-electron chi connectivity index (χ3n) is 5.95. The first-order chi connectivity index (χ1) is 15.6. The molecule has 9 nitrogen and oxygen atoms in total. The second kappa shape index (κ2) is 8.07. The van der Waals surface area contributed by atoms with E-state index in [1.807, 2.05) is 71.6 Å². The van der Waals surface area contributed by atoms with Crippen molar-refractivity contribution in [2.75, 3.05) is 13.1 Å². The minimum atomic E-state index is -0.100. The summed E-state index contributed by atoms with van der Waals surface area (Å²) < 4.78 is 10.0. The van der Waals surface area contributed by atoms with E-state index in [1.165, 1.54) is 6.33 Å². The zero-order valence-corrected chi connectivity index (χ0v) is 18.4. The van der Waals surface area contributed by atoms with Gasteiger partial charge in [0, 0.05) is 26.4 Å². The van der Waals surface area contributed by atoms with Gasteiger partial charge in [-0.25, -0.2) is 14.6 Å². The molecule has 4 aromatic rings. The van der Waals surface area contributed by atoms with Crippen LogP contribution in [0.4, 0.5) is 0 Å². The lowest BCUT2D eigenvalue weighted by atomic mass is 10.2. The van der Waals surface area contributed by atoms with Gasteiger partial charge in [0.2, 0.25) is 11.8 Å². The molecule has 9 heteroatoms.